The first-order valence-electron chi connectivity index (χ1n) is 5.22. The second-order valence-corrected chi connectivity index (χ2v) is 4.48. The highest BCUT2D eigenvalue weighted by Crippen LogP contribution is 2.27. The zero-order valence-electron chi connectivity index (χ0n) is 9.75. The van der Waals surface area contributed by atoms with Crippen molar-refractivity contribution in [1.29, 1.82) is 0 Å². The van der Waals surface area contributed by atoms with Gasteiger partial charge in [0.25, 0.3) is 5.91 Å². The lowest BCUT2D eigenvalue weighted by molar-refractivity contribution is 0.102. The Morgan fingerprint density at radius 3 is 2.79 bits per heavy atom. The second-order valence-electron chi connectivity index (χ2n) is 3.74. The van der Waals surface area contributed by atoms with Crippen LogP contribution in [0.2, 0.25) is 10.3 Å². The maximum Gasteiger partial charge on any atom is 0.258 e. The first kappa shape index (κ1) is 13.7. The largest absolute Gasteiger partial charge is 0.319 e. The predicted octanol–water partition coefficient (Wildman–Crippen LogP) is 3.48. The van der Waals surface area contributed by atoms with Gasteiger partial charge in [-0.2, -0.15) is 0 Å². The Balaban J connectivity index is 2.32. The van der Waals surface area contributed by atoms with Crippen LogP contribution in [0.4, 0.5) is 10.1 Å². The first-order valence-corrected chi connectivity index (χ1v) is 5.98. The summed E-state index contributed by atoms with van der Waals surface area (Å²) in [6.07, 6.45) is 2.29. The number of nitrogens with one attached hydrogen (secondary N) is 1. The number of carbonyl (C=O) groups is 1. The summed E-state index contributed by atoms with van der Waals surface area (Å²) in [5.41, 5.74) is 0.806. The molecule has 2 aromatic heterocycles. The molecular weight excluding hydrogens is 292 g/mol. The van der Waals surface area contributed by atoms with Crippen molar-refractivity contribution in [3.63, 3.8) is 0 Å². The minimum absolute atomic E-state index is 0.0489. The summed E-state index contributed by atoms with van der Waals surface area (Å²) in [6, 6.07) is 2.82. The average molecular weight is 300 g/mol. The normalized spacial score (nSPS) is 10.3. The molecule has 4 nitrogen and oxygen atoms in total. The summed E-state index contributed by atoms with van der Waals surface area (Å²) >= 11 is 11.6. The molecule has 7 heteroatoms. The zero-order chi connectivity index (χ0) is 14.0. The average Bonchev–Trinajstić information content (AvgIpc) is 2.34. The Hall–Kier alpha value is -1.72. The summed E-state index contributed by atoms with van der Waals surface area (Å²) in [7, 11) is 0. The van der Waals surface area contributed by atoms with E-state index < -0.39 is 11.7 Å². The number of hydrogen-bond acceptors (Lipinski definition) is 3. The molecule has 98 valence electrons. The summed E-state index contributed by atoms with van der Waals surface area (Å²) in [6.45, 7) is 1.71. The fourth-order valence-electron chi connectivity index (χ4n) is 1.49. The van der Waals surface area contributed by atoms with Gasteiger partial charge in [-0.1, -0.05) is 23.2 Å². The van der Waals surface area contributed by atoms with Gasteiger partial charge < -0.3 is 5.32 Å². The maximum atomic E-state index is 13.4. The van der Waals surface area contributed by atoms with E-state index in [1.165, 1.54) is 12.3 Å². The molecule has 0 saturated heterocycles. The Kier molecular flexibility index (Phi) is 3.97. The van der Waals surface area contributed by atoms with Crippen molar-refractivity contribution < 1.29 is 9.18 Å². The van der Waals surface area contributed by atoms with Crippen LogP contribution in [0, 0.1) is 12.7 Å². The van der Waals surface area contributed by atoms with Gasteiger partial charge in [0.05, 0.1) is 17.4 Å². The topological polar surface area (TPSA) is 54.9 Å². The van der Waals surface area contributed by atoms with Gasteiger partial charge in [-0.15, -0.1) is 0 Å². The van der Waals surface area contributed by atoms with Crippen molar-refractivity contribution in [1.82, 2.24) is 9.97 Å². The SMILES string of the molecule is Cc1cc(Cl)nc(Cl)c1NC(=O)c1ccncc1F. The molecule has 19 heavy (non-hydrogen) atoms. The fourth-order valence-corrected chi connectivity index (χ4v) is 2.06. The number of rotatable bonds is 2. The minimum Gasteiger partial charge on any atom is -0.319 e. The van der Waals surface area contributed by atoms with Crippen molar-refractivity contribution in [3.8, 4) is 0 Å². The lowest BCUT2D eigenvalue weighted by Crippen LogP contribution is -2.15. The molecule has 0 radical (unpaired) electrons. The van der Waals surface area contributed by atoms with Crippen LogP contribution >= 0.6 is 23.2 Å². The van der Waals surface area contributed by atoms with Gasteiger partial charge in [-0.25, -0.2) is 9.37 Å². The molecule has 1 amide bonds. The van der Waals surface area contributed by atoms with Crippen molar-refractivity contribution in [2.75, 3.05) is 5.32 Å². The quantitative estimate of drug-likeness (QED) is 0.864. The van der Waals surface area contributed by atoms with Crippen LogP contribution < -0.4 is 5.32 Å². The van der Waals surface area contributed by atoms with Crippen molar-refractivity contribution >= 4 is 34.8 Å². The summed E-state index contributed by atoms with van der Waals surface area (Å²) in [5, 5.41) is 2.77. The van der Waals surface area contributed by atoms with Crippen LogP contribution in [0.25, 0.3) is 0 Å². The third kappa shape index (κ3) is 3.00. The number of carbonyl (C=O) groups excluding carboxylic acids is 1. The lowest BCUT2D eigenvalue weighted by atomic mass is 10.2. The van der Waals surface area contributed by atoms with E-state index in [9.17, 15) is 9.18 Å². The molecule has 2 aromatic rings. The number of hydrogen-bond donors (Lipinski definition) is 1. The van der Waals surface area contributed by atoms with Crippen molar-refractivity contribution in [2.24, 2.45) is 0 Å². The Morgan fingerprint density at radius 1 is 1.42 bits per heavy atom. The summed E-state index contributed by atoms with van der Waals surface area (Å²) in [5.74, 6) is -1.34. The van der Waals surface area contributed by atoms with Crippen LogP contribution in [-0.2, 0) is 0 Å². The molecule has 2 heterocycles. The van der Waals surface area contributed by atoms with Crippen LogP contribution in [0.1, 0.15) is 15.9 Å². The third-order valence-corrected chi connectivity index (χ3v) is 2.86. The molecule has 1 N–H and O–H groups in total. The molecule has 0 bridgehead atoms. The molecular formula is C12H8Cl2FN3O. The van der Waals surface area contributed by atoms with E-state index >= 15 is 0 Å². The Labute approximate surface area is 118 Å². The second kappa shape index (κ2) is 5.50. The van der Waals surface area contributed by atoms with Gasteiger partial charge in [-0.05, 0) is 24.6 Å². The van der Waals surface area contributed by atoms with E-state index in [0.29, 0.717) is 11.3 Å². The molecule has 0 fully saturated rings. The molecule has 0 spiro atoms. The standard InChI is InChI=1S/C12H8Cl2FN3O/c1-6-4-9(13)17-11(14)10(6)18-12(19)7-2-3-16-5-8(7)15/h2-5H,1H3,(H,18,19). The van der Waals surface area contributed by atoms with Gasteiger partial charge in [0, 0.05) is 6.20 Å². The van der Waals surface area contributed by atoms with E-state index in [4.69, 9.17) is 23.2 Å². The molecule has 0 atom stereocenters. The van der Waals surface area contributed by atoms with E-state index in [1.807, 2.05) is 0 Å². The molecule has 0 aliphatic rings. The van der Waals surface area contributed by atoms with Gasteiger partial charge >= 0.3 is 0 Å². The summed E-state index contributed by atoms with van der Waals surface area (Å²) in [4.78, 5) is 19.3. The van der Waals surface area contributed by atoms with Crippen LogP contribution in [0.15, 0.2) is 24.5 Å². The van der Waals surface area contributed by atoms with Crippen molar-refractivity contribution in [3.05, 3.63) is 51.8 Å². The molecule has 0 aliphatic carbocycles. The highest BCUT2D eigenvalue weighted by atomic mass is 35.5. The number of pyridine rings is 2. The summed E-state index contributed by atoms with van der Waals surface area (Å²) < 4.78 is 13.4. The highest BCUT2D eigenvalue weighted by Gasteiger charge is 2.15. The monoisotopic (exact) mass is 299 g/mol. The maximum absolute atomic E-state index is 13.4. The lowest BCUT2D eigenvalue weighted by Gasteiger charge is -2.10. The minimum atomic E-state index is -0.712. The number of nitrogens with zero attached hydrogens (tertiary/aromatic N) is 2. The Morgan fingerprint density at radius 2 is 2.16 bits per heavy atom. The number of halogens is 3. The van der Waals surface area contributed by atoms with E-state index in [0.717, 1.165) is 6.20 Å². The van der Waals surface area contributed by atoms with E-state index in [-0.39, 0.29) is 15.9 Å². The molecule has 0 aromatic carbocycles. The van der Waals surface area contributed by atoms with Crippen molar-refractivity contribution in [2.45, 2.75) is 6.92 Å². The smallest absolute Gasteiger partial charge is 0.258 e. The first-order chi connectivity index (χ1) is 8.99. The van der Waals surface area contributed by atoms with Gasteiger partial charge in [-0.3, -0.25) is 9.78 Å². The molecule has 0 aliphatic heterocycles. The van der Waals surface area contributed by atoms with E-state index in [1.54, 1.807) is 13.0 Å². The molecule has 0 saturated carbocycles. The fraction of sp³-hybridized carbons (Fsp3) is 0.0833. The molecule has 2 rings (SSSR count). The van der Waals surface area contributed by atoms with Crippen LogP contribution in [-0.4, -0.2) is 15.9 Å². The number of anilines is 1. The third-order valence-electron chi connectivity index (χ3n) is 2.40. The number of aryl methyl sites for hydroxylation is 1. The van der Waals surface area contributed by atoms with Crippen LogP contribution in [0.3, 0.4) is 0 Å². The van der Waals surface area contributed by atoms with Gasteiger partial charge in [0.1, 0.15) is 5.15 Å². The van der Waals surface area contributed by atoms with Crippen LogP contribution in [0.5, 0.6) is 0 Å². The highest BCUT2D eigenvalue weighted by molar-refractivity contribution is 6.35. The number of amides is 1. The van der Waals surface area contributed by atoms with Gasteiger partial charge in [0.15, 0.2) is 11.0 Å². The molecule has 0 unspecified atom stereocenters. The predicted molar refractivity (Wildman–Crippen MR) is 71.1 cm³/mol. The Bertz CT molecular complexity index is 626. The number of aromatic nitrogens is 2. The van der Waals surface area contributed by atoms with E-state index in [2.05, 4.69) is 15.3 Å². The van der Waals surface area contributed by atoms with Gasteiger partial charge in [0.2, 0.25) is 0 Å². The zero-order valence-corrected chi connectivity index (χ0v) is 11.3.